The summed E-state index contributed by atoms with van der Waals surface area (Å²) in [5, 5.41) is 11.6. The van der Waals surface area contributed by atoms with Crippen molar-refractivity contribution >= 4 is 12.1 Å². The first kappa shape index (κ1) is 16.7. The summed E-state index contributed by atoms with van der Waals surface area (Å²) >= 11 is 0. The maximum absolute atomic E-state index is 11.6. The van der Waals surface area contributed by atoms with Gasteiger partial charge in [-0.3, -0.25) is 0 Å². The molecule has 0 saturated carbocycles. The Morgan fingerprint density at radius 2 is 1.72 bits per heavy atom. The van der Waals surface area contributed by atoms with E-state index in [0.29, 0.717) is 6.42 Å². The molecule has 1 atom stereocenters. The van der Waals surface area contributed by atoms with Crippen LogP contribution in [-0.4, -0.2) is 28.8 Å². The summed E-state index contributed by atoms with van der Waals surface area (Å²) < 4.78 is 5.08. The highest BCUT2D eigenvalue weighted by Gasteiger charge is 2.36. The number of carbonyl (C=O) groups excluding carboxylic acids is 1. The number of amides is 1. The van der Waals surface area contributed by atoms with Crippen LogP contribution >= 0.6 is 0 Å². The third kappa shape index (κ3) is 5.89. The van der Waals surface area contributed by atoms with Gasteiger partial charge in [0.1, 0.15) is 11.6 Å². The Bertz CT molecular complexity index is 305. The second-order valence-electron chi connectivity index (χ2n) is 6.16. The maximum Gasteiger partial charge on any atom is 0.408 e. The third-order valence-corrected chi connectivity index (χ3v) is 2.58. The minimum Gasteiger partial charge on any atom is -0.480 e. The van der Waals surface area contributed by atoms with Crippen LogP contribution in [0.4, 0.5) is 4.79 Å². The molecule has 1 unspecified atom stereocenters. The van der Waals surface area contributed by atoms with E-state index in [4.69, 9.17) is 4.74 Å². The third-order valence-electron chi connectivity index (χ3n) is 2.58. The average molecular weight is 259 g/mol. The fourth-order valence-electron chi connectivity index (χ4n) is 1.81. The average Bonchev–Trinajstić information content (AvgIpc) is 2.10. The number of aliphatic carboxylic acids is 1. The SMILES string of the molecule is CCCC(C)(C)C(NC(=O)OC(C)(C)C)C(=O)O. The van der Waals surface area contributed by atoms with Crippen LogP contribution in [-0.2, 0) is 9.53 Å². The van der Waals surface area contributed by atoms with Gasteiger partial charge in [-0.15, -0.1) is 0 Å². The molecule has 106 valence electrons. The number of alkyl carbamates (subject to hydrolysis) is 1. The fourth-order valence-corrected chi connectivity index (χ4v) is 1.81. The van der Waals surface area contributed by atoms with Crippen molar-refractivity contribution < 1.29 is 19.4 Å². The summed E-state index contributed by atoms with van der Waals surface area (Å²) in [5.41, 5.74) is -1.15. The molecular weight excluding hydrogens is 234 g/mol. The summed E-state index contributed by atoms with van der Waals surface area (Å²) in [5.74, 6) is -1.04. The van der Waals surface area contributed by atoms with E-state index in [9.17, 15) is 14.7 Å². The van der Waals surface area contributed by atoms with Gasteiger partial charge in [-0.2, -0.15) is 0 Å². The first-order chi connectivity index (χ1) is 7.99. The molecule has 0 aromatic rings. The lowest BCUT2D eigenvalue weighted by Crippen LogP contribution is -2.51. The molecule has 0 heterocycles. The molecular formula is C13H25NO4. The second-order valence-corrected chi connectivity index (χ2v) is 6.16. The Balaban J connectivity index is 4.75. The van der Waals surface area contributed by atoms with Crippen LogP contribution in [0.5, 0.6) is 0 Å². The molecule has 0 aliphatic carbocycles. The van der Waals surface area contributed by atoms with Crippen LogP contribution in [0.1, 0.15) is 54.4 Å². The van der Waals surface area contributed by atoms with Crippen molar-refractivity contribution in [3.05, 3.63) is 0 Å². The highest BCUT2D eigenvalue weighted by Crippen LogP contribution is 2.27. The molecule has 0 radical (unpaired) electrons. The van der Waals surface area contributed by atoms with E-state index < -0.39 is 29.1 Å². The van der Waals surface area contributed by atoms with Gasteiger partial charge in [-0.1, -0.05) is 27.2 Å². The molecule has 5 nitrogen and oxygen atoms in total. The summed E-state index contributed by atoms with van der Waals surface area (Å²) in [6.07, 6.45) is 0.867. The minimum absolute atomic E-state index is 0.516. The molecule has 0 saturated heterocycles. The Labute approximate surface area is 109 Å². The zero-order valence-electron chi connectivity index (χ0n) is 12.2. The number of carboxylic acids is 1. The Morgan fingerprint density at radius 1 is 1.22 bits per heavy atom. The van der Waals surface area contributed by atoms with Crippen LogP contribution < -0.4 is 5.32 Å². The minimum atomic E-state index is -1.04. The molecule has 0 aromatic heterocycles. The van der Waals surface area contributed by atoms with Crippen molar-refractivity contribution in [2.24, 2.45) is 5.41 Å². The number of hydrogen-bond donors (Lipinski definition) is 2. The molecule has 0 aromatic carbocycles. The van der Waals surface area contributed by atoms with E-state index >= 15 is 0 Å². The van der Waals surface area contributed by atoms with Crippen molar-refractivity contribution in [1.29, 1.82) is 0 Å². The predicted molar refractivity (Wildman–Crippen MR) is 69.5 cm³/mol. The molecule has 0 bridgehead atoms. The molecule has 5 heteroatoms. The highest BCUT2D eigenvalue weighted by atomic mass is 16.6. The van der Waals surface area contributed by atoms with Gasteiger partial charge < -0.3 is 15.2 Å². The van der Waals surface area contributed by atoms with Gasteiger partial charge in [-0.25, -0.2) is 9.59 Å². The van der Waals surface area contributed by atoms with Gasteiger partial charge in [-0.05, 0) is 32.6 Å². The number of carbonyl (C=O) groups is 2. The number of rotatable bonds is 5. The van der Waals surface area contributed by atoms with Crippen molar-refractivity contribution in [3.8, 4) is 0 Å². The first-order valence-electron chi connectivity index (χ1n) is 6.22. The highest BCUT2D eigenvalue weighted by molar-refractivity contribution is 5.80. The Hall–Kier alpha value is -1.26. The van der Waals surface area contributed by atoms with E-state index in [1.54, 1.807) is 20.8 Å². The molecule has 0 aliphatic rings. The summed E-state index contributed by atoms with van der Waals surface area (Å²) in [4.78, 5) is 22.9. The quantitative estimate of drug-likeness (QED) is 0.796. The van der Waals surface area contributed by atoms with E-state index in [0.717, 1.165) is 6.42 Å². The lowest BCUT2D eigenvalue weighted by atomic mass is 9.80. The van der Waals surface area contributed by atoms with Gasteiger partial charge >= 0.3 is 12.1 Å². The summed E-state index contributed by atoms with van der Waals surface area (Å²) in [7, 11) is 0. The molecule has 0 spiro atoms. The normalized spacial score (nSPS) is 13.9. The summed E-state index contributed by atoms with van der Waals surface area (Å²) in [6, 6.07) is -0.952. The zero-order valence-corrected chi connectivity index (χ0v) is 12.2. The molecule has 0 fully saturated rings. The molecule has 0 aliphatic heterocycles. The van der Waals surface area contributed by atoms with Crippen molar-refractivity contribution in [3.63, 3.8) is 0 Å². The van der Waals surface area contributed by atoms with Gasteiger partial charge in [0.2, 0.25) is 0 Å². The van der Waals surface area contributed by atoms with Crippen molar-refractivity contribution in [2.45, 2.75) is 66.0 Å². The van der Waals surface area contributed by atoms with Gasteiger partial charge in [0.25, 0.3) is 0 Å². The monoisotopic (exact) mass is 259 g/mol. The second kappa shape index (κ2) is 6.07. The topological polar surface area (TPSA) is 75.6 Å². The van der Waals surface area contributed by atoms with Crippen molar-refractivity contribution in [1.82, 2.24) is 5.32 Å². The van der Waals surface area contributed by atoms with E-state index in [2.05, 4.69) is 5.32 Å². The number of carboxylic acid groups (broad SMARTS) is 1. The fraction of sp³-hybridized carbons (Fsp3) is 0.846. The van der Waals surface area contributed by atoms with Crippen molar-refractivity contribution in [2.75, 3.05) is 0 Å². The van der Waals surface area contributed by atoms with Crippen LogP contribution in [0, 0.1) is 5.41 Å². The van der Waals surface area contributed by atoms with Crippen LogP contribution in [0.3, 0.4) is 0 Å². The number of hydrogen-bond acceptors (Lipinski definition) is 3. The standard InChI is InChI=1S/C13H25NO4/c1-7-8-13(5,6)9(10(15)16)14-11(17)18-12(2,3)4/h9H,7-8H2,1-6H3,(H,14,17)(H,15,16). The van der Waals surface area contributed by atoms with Gasteiger partial charge in [0, 0.05) is 0 Å². The lowest BCUT2D eigenvalue weighted by Gasteiger charge is -2.32. The zero-order chi connectivity index (χ0) is 14.6. The predicted octanol–water partition coefficient (Wildman–Crippen LogP) is 2.79. The van der Waals surface area contributed by atoms with E-state index in [-0.39, 0.29) is 0 Å². The molecule has 0 rings (SSSR count). The number of nitrogens with one attached hydrogen (secondary N) is 1. The van der Waals surface area contributed by atoms with E-state index in [1.165, 1.54) is 0 Å². The van der Waals surface area contributed by atoms with Crippen LogP contribution in [0.25, 0.3) is 0 Å². The first-order valence-corrected chi connectivity index (χ1v) is 6.22. The van der Waals surface area contributed by atoms with Gasteiger partial charge in [0.05, 0.1) is 0 Å². The Kier molecular flexibility index (Phi) is 5.64. The Morgan fingerprint density at radius 3 is 2.06 bits per heavy atom. The molecule has 1 amide bonds. The van der Waals surface area contributed by atoms with Gasteiger partial charge in [0.15, 0.2) is 0 Å². The van der Waals surface area contributed by atoms with Crippen LogP contribution in [0.15, 0.2) is 0 Å². The largest absolute Gasteiger partial charge is 0.480 e. The van der Waals surface area contributed by atoms with Crippen LogP contribution in [0.2, 0.25) is 0 Å². The molecule has 18 heavy (non-hydrogen) atoms. The summed E-state index contributed by atoms with van der Waals surface area (Å²) in [6.45, 7) is 10.8. The number of ether oxygens (including phenoxy) is 1. The maximum atomic E-state index is 11.6. The van der Waals surface area contributed by atoms with E-state index in [1.807, 2.05) is 20.8 Å². The smallest absolute Gasteiger partial charge is 0.408 e. The lowest BCUT2D eigenvalue weighted by molar-refractivity contribution is -0.142. The molecule has 2 N–H and O–H groups in total.